The van der Waals surface area contributed by atoms with E-state index < -0.39 is 0 Å². The molecule has 1 aromatic heterocycles. The highest BCUT2D eigenvalue weighted by atomic mass is 15.3. The molecule has 0 bridgehead atoms. The van der Waals surface area contributed by atoms with Gasteiger partial charge in [-0.25, -0.2) is 4.68 Å². The van der Waals surface area contributed by atoms with E-state index in [1.54, 1.807) is 13.2 Å². The fraction of sp³-hybridized carbons (Fsp3) is 0.429. The Morgan fingerprint density at radius 3 is 2.64 bits per heavy atom. The van der Waals surface area contributed by atoms with E-state index in [1.807, 2.05) is 13.8 Å². The lowest BCUT2D eigenvalue weighted by molar-refractivity contribution is 0.807. The van der Waals surface area contributed by atoms with Gasteiger partial charge in [0.15, 0.2) is 5.49 Å². The summed E-state index contributed by atoms with van der Waals surface area (Å²) >= 11 is 0. The van der Waals surface area contributed by atoms with Crippen LogP contribution in [-0.4, -0.2) is 16.7 Å². The largest absolute Gasteiger partial charge is 0.337 e. The molecule has 0 aliphatic carbocycles. The van der Waals surface area contributed by atoms with Crippen molar-refractivity contribution in [2.24, 2.45) is 4.99 Å². The van der Waals surface area contributed by atoms with Crippen molar-refractivity contribution in [3.05, 3.63) is 23.1 Å². The summed E-state index contributed by atoms with van der Waals surface area (Å²) in [4.78, 5) is 8.12. The molecule has 4 nitrogen and oxygen atoms in total. The molecule has 0 spiro atoms. The predicted octanol–water partition coefficient (Wildman–Crippen LogP) is -0.256. The van der Waals surface area contributed by atoms with Crippen LogP contribution in [0.5, 0.6) is 0 Å². The van der Waals surface area contributed by atoms with E-state index in [-0.39, 0.29) is 0 Å². The highest BCUT2D eigenvalue weighted by Gasteiger charge is 1.96. The Labute approximate surface area is 65.4 Å². The number of aromatic nitrogens is 2. The highest BCUT2D eigenvalue weighted by molar-refractivity contribution is 5.01. The molecule has 0 fully saturated rings. The number of rotatable bonds is 0. The Morgan fingerprint density at radius 1 is 1.55 bits per heavy atom. The third-order valence-corrected chi connectivity index (χ3v) is 1.59. The highest BCUT2D eigenvalue weighted by Crippen LogP contribution is 1.87. The molecule has 0 radical (unpaired) electrons. The quantitative estimate of drug-likeness (QED) is 0.521. The first-order chi connectivity index (χ1) is 5.16. The van der Waals surface area contributed by atoms with Crippen LogP contribution in [0.15, 0.2) is 11.2 Å². The second kappa shape index (κ2) is 2.74. The standard InChI is InChI=1S/C7H12N4/c1-5-4-10-6(2)7(9-3)11(5)8/h4H,8H2,1-3H3. The van der Waals surface area contributed by atoms with Crippen LogP contribution in [0, 0.1) is 13.8 Å². The molecule has 0 aromatic carbocycles. The SMILES string of the molecule is CN=c1c(C)ncc(C)n1N. The van der Waals surface area contributed by atoms with Gasteiger partial charge in [0.05, 0.1) is 11.4 Å². The lowest BCUT2D eigenvalue weighted by atomic mass is 10.4. The molecule has 0 saturated heterocycles. The van der Waals surface area contributed by atoms with Crippen molar-refractivity contribution in [3.63, 3.8) is 0 Å². The monoisotopic (exact) mass is 152 g/mol. The Kier molecular flexibility index (Phi) is 1.94. The topological polar surface area (TPSA) is 56.2 Å². The van der Waals surface area contributed by atoms with Crippen molar-refractivity contribution < 1.29 is 0 Å². The van der Waals surface area contributed by atoms with E-state index in [9.17, 15) is 0 Å². The van der Waals surface area contributed by atoms with Crippen LogP contribution in [0.1, 0.15) is 11.4 Å². The first-order valence-corrected chi connectivity index (χ1v) is 3.40. The molecule has 0 saturated carbocycles. The van der Waals surface area contributed by atoms with E-state index in [0.29, 0.717) is 0 Å². The van der Waals surface area contributed by atoms with Gasteiger partial charge in [-0.15, -0.1) is 0 Å². The smallest absolute Gasteiger partial charge is 0.167 e. The molecule has 0 atom stereocenters. The average Bonchev–Trinajstić information content (AvgIpc) is 1.99. The molecule has 1 heterocycles. The predicted molar refractivity (Wildman–Crippen MR) is 43.3 cm³/mol. The normalized spacial score (nSPS) is 12.1. The van der Waals surface area contributed by atoms with Crippen LogP contribution in [0.4, 0.5) is 0 Å². The van der Waals surface area contributed by atoms with Crippen molar-refractivity contribution >= 4 is 0 Å². The zero-order valence-electron chi connectivity index (χ0n) is 7.00. The van der Waals surface area contributed by atoms with E-state index >= 15 is 0 Å². The number of nitrogens with two attached hydrogens (primary N) is 1. The van der Waals surface area contributed by atoms with Gasteiger partial charge in [0.2, 0.25) is 0 Å². The van der Waals surface area contributed by atoms with E-state index in [2.05, 4.69) is 9.98 Å². The third kappa shape index (κ3) is 1.24. The summed E-state index contributed by atoms with van der Waals surface area (Å²) in [6.45, 7) is 3.77. The third-order valence-electron chi connectivity index (χ3n) is 1.59. The molecule has 1 aromatic rings. The van der Waals surface area contributed by atoms with Crippen molar-refractivity contribution in [1.29, 1.82) is 0 Å². The second-order valence-corrected chi connectivity index (χ2v) is 2.40. The van der Waals surface area contributed by atoms with Crippen molar-refractivity contribution in [1.82, 2.24) is 9.66 Å². The fourth-order valence-corrected chi connectivity index (χ4v) is 0.921. The maximum absolute atomic E-state index is 5.68. The molecule has 0 aliphatic rings. The molecule has 4 heteroatoms. The Bertz CT molecular complexity index is 324. The van der Waals surface area contributed by atoms with Crippen LogP contribution in [0.25, 0.3) is 0 Å². The summed E-state index contributed by atoms with van der Waals surface area (Å²) in [6, 6.07) is 0. The summed E-state index contributed by atoms with van der Waals surface area (Å²) in [5.41, 5.74) is 2.47. The minimum absolute atomic E-state index is 0.727. The van der Waals surface area contributed by atoms with Crippen molar-refractivity contribution in [3.8, 4) is 0 Å². The molecule has 0 unspecified atom stereocenters. The van der Waals surface area contributed by atoms with E-state index in [0.717, 1.165) is 16.9 Å². The molecule has 2 N–H and O–H groups in total. The van der Waals surface area contributed by atoms with Crippen LogP contribution in [0.2, 0.25) is 0 Å². The number of aryl methyl sites for hydroxylation is 2. The lowest BCUT2D eigenvalue weighted by Gasteiger charge is -2.04. The van der Waals surface area contributed by atoms with Crippen LogP contribution < -0.4 is 11.3 Å². The maximum atomic E-state index is 5.68. The van der Waals surface area contributed by atoms with Gasteiger partial charge in [0.25, 0.3) is 0 Å². The minimum atomic E-state index is 0.727. The van der Waals surface area contributed by atoms with Crippen molar-refractivity contribution in [2.75, 3.05) is 12.9 Å². The van der Waals surface area contributed by atoms with Gasteiger partial charge in [0.1, 0.15) is 0 Å². The van der Waals surface area contributed by atoms with Crippen LogP contribution >= 0.6 is 0 Å². The average molecular weight is 152 g/mol. The second-order valence-electron chi connectivity index (χ2n) is 2.40. The van der Waals surface area contributed by atoms with Crippen LogP contribution in [-0.2, 0) is 0 Å². The fourth-order valence-electron chi connectivity index (χ4n) is 0.921. The summed E-state index contributed by atoms with van der Waals surface area (Å²) in [6.07, 6.45) is 1.73. The van der Waals surface area contributed by atoms with Gasteiger partial charge in [-0.3, -0.25) is 9.98 Å². The van der Waals surface area contributed by atoms with Gasteiger partial charge in [0, 0.05) is 13.2 Å². The first-order valence-electron chi connectivity index (χ1n) is 3.40. The Morgan fingerprint density at radius 2 is 2.18 bits per heavy atom. The molecule has 60 valence electrons. The Balaban J connectivity index is 3.55. The van der Waals surface area contributed by atoms with Crippen molar-refractivity contribution in [2.45, 2.75) is 13.8 Å². The van der Waals surface area contributed by atoms with Gasteiger partial charge in [-0.1, -0.05) is 0 Å². The van der Waals surface area contributed by atoms with Gasteiger partial charge < -0.3 is 5.84 Å². The molecule has 1 rings (SSSR count). The number of hydrogen-bond acceptors (Lipinski definition) is 3. The lowest BCUT2D eigenvalue weighted by Crippen LogP contribution is -2.32. The summed E-state index contributed by atoms with van der Waals surface area (Å²) in [7, 11) is 1.70. The van der Waals surface area contributed by atoms with Gasteiger partial charge >= 0.3 is 0 Å². The molecule has 0 amide bonds. The van der Waals surface area contributed by atoms with E-state index in [4.69, 9.17) is 5.84 Å². The molecular formula is C7H12N4. The zero-order valence-corrected chi connectivity index (χ0v) is 7.00. The number of hydrogen-bond donors (Lipinski definition) is 1. The Hall–Kier alpha value is -1.32. The molecule has 11 heavy (non-hydrogen) atoms. The number of nitrogens with zero attached hydrogens (tertiary/aromatic N) is 3. The summed E-state index contributed by atoms with van der Waals surface area (Å²) < 4.78 is 1.53. The van der Waals surface area contributed by atoms with E-state index in [1.165, 1.54) is 4.68 Å². The minimum Gasteiger partial charge on any atom is -0.337 e. The molecular weight excluding hydrogens is 140 g/mol. The zero-order chi connectivity index (χ0) is 8.43. The van der Waals surface area contributed by atoms with Gasteiger partial charge in [-0.05, 0) is 13.8 Å². The molecule has 0 aliphatic heterocycles. The maximum Gasteiger partial charge on any atom is 0.167 e. The van der Waals surface area contributed by atoms with Gasteiger partial charge in [-0.2, -0.15) is 0 Å². The number of nitrogen functional groups attached to an aromatic ring is 1. The summed E-state index contributed by atoms with van der Waals surface area (Å²) in [5, 5.41) is 0. The first kappa shape index (κ1) is 7.78. The summed E-state index contributed by atoms with van der Waals surface area (Å²) in [5.74, 6) is 5.68. The van der Waals surface area contributed by atoms with Crippen LogP contribution in [0.3, 0.4) is 0 Å².